The second-order valence-electron chi connectivity index (χ2n) is 6.46. The first-order valence-corrected chi connectivity index (χ1v) is 8.13. The van der Waals surface area contributed by atoms with Gasteiger partial charge in [0.1, 0.15) is 17.5 Å². The van der Waals surface area contributed by atoms with E-state index in [1.807, 2.05) is 20.8 Å². The largest absolute Gasteiger partial charge is 0.508 e. The first-order chi connectivity index (χ1) is 11.2. The fourth-order valence-electron chi connectivity index (χ4n) is 2.55. The molecule has 0 aliphatic carbocycles. The van der Waals surface area contributed by atoms with Gasteiger partial charge in [-0.15, -0.1) is 0 Å². The average molecular weight is 337 g/mol. The highest BCUT2D eigenvalue weighted by Crippen LogP contribution is 2.31. The van der Waals surface area contributed by atoms with Gasteiger partial charge in [0.2, 0.25) is 5.91 Å². The van der Waals surface area contributed by atoms with Crippen LogP contribution in [0.2, 0.25) is 0 Å². The van der Waals surface area contributed by atoms with Crippen molar-refractivity contribution in [3.05, 3.63) is 23.8 Å². The summed E-state index contributed by atoms with van der Waals surface area (Å²) in [5.41, 5.74) is 0.673. The van der Waals surface area contributed by atoms with Crippen molar-refractivity contribution in [2.75, 3.05) is 7.11 Å². The second-order valence-corrected chi connectivity index (χ2v) is 6.46. The predicted molar refractivity (Wildman–Crippen MR) is 90.8 cm³/mol. The Balaban J connectivity index is 2.59. The van der Waals surface area contributed by atoms with Crippen LogP contribution in [0.3, 0.4) is 0 Å². The Labute approximate surface area is 142 Å². The molecule has 24 heavy (non-hydrogen) atoms. The van der Waals surface area contributed by atoms with Gasteiger partial charge in [0.05, 0.1) is 7.11 Å². The SMILES string of the molecule is COC(=O)[C@H](CC(C)C)NC(=O)CCC(C)c1ccc(O)cc1O. The number of carbonyl (C=O) groups is 2. The lowest BCUT2D eigenvalue weighted by Crippen LogP contribution is -2.42. The molecule has 0 aromatic heterocycles. The van der Waals surface area contributed by atoms with Gasteiger partial charge in [-0.1, -0.05) is 26.8 Å². The second kappa shape index (κ2) is 9.15. The number of esters is 1. The number of rotatable bonds is 8. The van der Waals surface area contributed by atoms with E-state index in [0.717, 1.165) is 0 Å². The fraction of sp³-hybridized carbons (Fsp3) is 0.556. The van der Waals surface area contributed by atoms with Gasteiger partial charge in [-0.2, -0.15) is 0 Å². The lowest BCUT2D eigenvalue weighted by atomic mass is 9.95. The normalized spacial score (nSPS) is 13.4. The molecule has 1 amide bonds. The summed E-state index contributed by atoms with van der Waals surface area (Å²) >= 11 is 0. The van der Waals surface area contributed by atoms with E-state index in [9.17, 15) is 19.8 Å². The molecule has 0 radical (unpaired) electrons. The summed E-state index contributed by atoms with van der Waals surface area (Å²) in [5, 5.41) is 21.9. The van der Waals surface area contributed by atoms with Crippen LogP contribution in [0.4, 0.5) is 0 Å². The Morgan fingerprint density at radius 3 is 2.42 bits per heavy atom. The summed E-state index contributed by atoms with van der Waals surface area (Å²) in [6.45, 7) is 5.83. The number of methoxy groups -OCH3 is 1. The Hall–Kier alpha value is -2.24. The Kier molecular flexibility index (Phi) is 7.55. The topological polar surface area (TPSA) is 95.9 Å². The molecule has 6 nitrogen and oxygen atoms in total. The Morgan fingerprint density at radius 2 is 1.88 bits per heavy atom. The zero-order valence-electron chi connectivity index (χ0n) is 14.7. The number of amides is 1. The molecule has 3 N–H and O–H groups in total. The van der Waals surface area contributed by atoms with Gasteiger partial charge < -0.3 is 20.3 Å². The van der Waals surface area contributed by atoms with Crippen LogP contribution < -0.4 is 5.32 Å². The van der Waals surface area contributed by atoms with Crippen molar-refractivity contribution in [2.24, 2.45) is 5.92 Å². The van der Waals surface area contributed by atoms with Gasteiger partial charge in [-0.25, -0.2) is 4.79 Å². The zero-order valence-corrected chi connectivity index (χ0v) is 14.7. The highest BCUT2D eigenvalue weighted by molar-refractivity contribution is 5.84. The third-order valence-electron chi connectivity index (χ3n) is 3.88. The maximum atomic E-state index is 12.1. The van der Waals surface area contributed by atoms with Crippen molar-refractivity contribution in [3.63, 3.8) is 0 Å². The van der Waals surface area contributed by atoms with E-state index in [1.54, 1.807) is 6.07 Å². The van der Waals surface area contributed by atoms with Gasteiger partial charge in [-0.05, 0) is 36.3 Å². The third kappa shape index (κ3) is 6.10. The van der Waals surface area contributed by atoms with Gasteiger partial charge in [0.15, 0.2) is 0 Å². The van der Waals surface area contributed by atoms with Gasteiger partial charge in [-0.3, -0.25) is 4.79 Å². The first kappa shape index (κ1) is 19.8. The van der Waals surface area contributed by atoms with Crippen LogP contribution in [0, 0.1) is 5.92 Å². The molecule has 2 atom stereocenters. The maximum Gasteiger partial charge on any atom is 0.328 e. The monoisotopic (exact) mass is 337 g/mol. The molecule has 134 valence electrons. The summed E-state index contributed by atoms with van der Waals surface area (Å²) in [6.07, 6.45) is 1.26. The van der Waals surface area contributed by atoms with Crippen molar-refractivity contribution in [3.8, 4) is 11.5 Å². The van der Waals surface area contributed by atoms with Crippen molar-refractivity contribution in [1.29, 1.82) is 0 Å². The van der Waals surface area contributed by atoms with Crippen LogP contribution in [-0.4, -0.2) is 35.2 Å². The molecule has 0 fully saturated rings. The van der Waals surface area contributed by atoms with E-state index in [2.05, 4.69) is 5.32 Å². The lowest BCUT2D eigenvalue weighted by molar-refractivity contribution is -0.145. The molecule has 0 spiro atoms. The Morgan fingerprint density at radius 1 is 1.21 bits per heavy atom. The molecular weight excluding hydrogens is 310 g/mol. The van der Waals surface area contributed by atoms with Gasteiger partial charge >= 0.3 is 5.97 Å². The summed E-state index contributed by atoms with van der Waals surface area (Å²) in [4.78, 5) is 23.8. The van der Waals surface area contributed by atoms with Crippen molar-refractivity contribution < 1.29 is 24.5 Å². The van der Waals surface area contributed by atoms with E-state index in [-0.39, 0.29) is 35.7 Å². The smallest absolute Gasteiger partial charge is 0.328 e. The van der Waals surface area contributed by atoms with Crippen LogP contribution in [0.15, 0.2) is 18.2 Å². The number of aromatic hydroxyl groups is 2. The first-order valence-electron chi connectivity index (χ1n) is 8.13. The number of hydrogen-bond acceptors (Lipinski definition) is 5. The number of phenolic OH excluding ortho intramolecular Hbond substituents is 2. The number of benzene rings is 1. The molecular formula is C18H27NO5. The van der Waals surface area contributed by atoms with Crippen molar-refractivity contribution in [1.82, 2.24) is 5.32 Å². The summed E-state index contributed by atoms with van der Waals surface area (Å²) in [6, 6.07) is 3.78. The van der Waals surface area contributed by atoms with E-state index in [4.69, 9.17) is 4.74 Å². The number of phenols is 2. The fourth-order valence-corrected chi connectivity index (χ4v) is 2.55. The summed E-state index contributed by atoms with van der Waals surface area (Å²) in [5.74, 6) is -0.469. The molecule has 1 unspecified atom stereocenters. The van der Waals surface area contributed by atoms with Crippen LogP contribution >= 0.6 is 0 Å². The third-order valence-corrected chi connectivity index (χ3v) is 3.88. The van der Waals surface area contributed by atoms with E-state index in [0.29, 0.717) is 18.4 Å². The number of ether oxygens (including phenoxy) is 1. The van der Waals surface area contributed by atoms with Crippen LogP contribution in [-0.2, 0) is 14.3 Å². The zero-order chi connectivity index (χ0) is 18.3. The summed E-state index contributed by atoms with van der Waals surface area (Å²) < 4.78 is 4.73. The predicted octanol–water partition coefficient (Wildman–Crippen LogP) is 2.69. The molecule has 0 saturated heterocycles. The Bertz CT molecular complexity index is 571. The molecule has 0 aliphatic rings. The molecule has 0 heterocycles. The lowest BCUT2D eigenvalue weighted by Gasteiger charge is -2.19. The molecule has 1 aromatic carbocycles. The minimum Gasteiger partial charge on any atom is -0.508 e. The molecule has 0 aliphatic heterocycles. The molecule has 1 aromatic rings. The quantitative estimate of drug-likeness (QED) is 0.634. The summed E-state index contributed by atoms with van der Waals surface area (Å²) in [7, 11) is 1.30. The molecule has 1 rings (SSSR count). The van der Waals surface area contributed by atoms with Crippen LogP contribution in [0.5, 0.6) is 11.5 Å². The highest BCUT2D eigenvalue weighted by atomic mass is 16.5. The maximum absolute atomic E-state index is 12.1. The van der Waals surface area contributed by atoms with Crippen LogP contribution in [0.1, 0.15) is 51.5 Å². The molecule has 0 bridgehead atoms. The number of hydrogen-bond donors (Lipinski definition) is 3. The number of nitrogens with one attached hydrogen (secondary N) is 1. The van der Waals surface area contributed by atoms with Crippen molar-refractivity contribution in [2.45, 2.75) is 52.0 Å². The number of carbonyl (C=O) groups excluding carboxylic acids is 2. The van der Waals surface area contributed by atoms with Gasteiger partial charge in [0, 0.05) is 12.5 Å². The van der Waals surface area contributed by atoms with Crippen LogP contribution in [0.25, 0.3) is 0 Å². The van der Waals surface area contributed by atoms with E-state index < -0.39 is 12.0 Å². The molecule has 0 saturated carbocycles. The minimum atomic E-state index is -0.639. The standard InChI is InChI=1S/C18H27NO5/c1-11(2)9-15(18(23)24-4)19-17(22)8-5-12(3)14-7-6-13(20)10-16(14)21/h6-7,10-12,15,20-21H,5,8-9H2,1-4H3,(H,19,22)/t12?,15-/m0/s1. The van der Waals surface area contributed by atoms with E-state index in [1.165, 1.54) is 19.2 Å². The van der Waals surface area contributed by atoms with Gasteiger partial charge in [0.25, 0.3) is 0 Å². The van der Waals surface area contributed by atoms with E-state index >= 15 is 0 Å². The highest BCUT2D eigenvalue weighted by Gasteiger charge is 2.23. The average Bonchev–Trinajstić information content (AvgIpc) is 2.50. The molecule has 6 heteroatoms. The van der Waals surface area contributed by atoms with Crippen molar-refractivity contribution >= 4 is 11.9 Å². The minimum absolute atomic E-state index is 0.00389.